The molecule has 0 aliphatic carbocycles. The second-order valence-electron chi connectivity index (χ2n) is 8.03. The van der Waals surface area contributed by atoms with Gasteiger partial charge in [-0.05, 0) is 55.3 Å². The van der Waals surface area contributed by atoms with Crippen LogP contribution < -0.4 is 5.32 Å². The third-order valence-electron chi connectivity index (χ3n) is 5.84. The van der Waals surface area contributed by atoms with Crippen LogP contribution in [-0.2, 0) is 15.6 Å². The van der Waals surface area contributed by atoms with Gasteiger partial charge in [0.15, 0.2) is 0 Å². The van der Waals surface area contributed by atoms with E-state index in [1.807, 2.05) is 0 Å². The topological polar surface area (TPSA) is 86.7 Å². The van der Waals surface area contributed by atoms with Crippen LogP contribution >= 0.6 is 11.6 Å². The molecule has 0 aromatic heterocycles. The van der Waals surface area contributed by atoms with Crippen LogP contribution in [0.1, 0.15) is 28.8 Å². The second kappa shape index (κ2) is 9.42. The number of anilines is 1. The number of hydrogen-bond acceptors (Lipinski definition) is 4. The van der Waals surface area contributed by atoms with Crippen LogP contribution in [-0.4, -0.2) is 36.8 Å². The molecule has 1 saturated heterocycles. The number of nitrogens with one attached hydrogen (secondary N) is 1. The molecular formula is C24H21ClF2N2O4S. The molecule has 0 unspecified atom stereocenters. The molecule has 1 fully saturated rings. The van der Waals surface area contributed by atoms with Crippen molar-refractivity contribution in [1.82, 2.24) is 4.31 Å². The monoisotopic (exact) mass is 506 g/mol. The SMILES string of the molecule is O=C(Nc1ccc(F)c(Cl)c1)c1cccc(S(=O)(=O)N2CCC(O)(c3ccccc3F)CC2)c1. The number of carbonyl (C=O) groups excluding carboxylic acids is 1. The Morgan fingerprint density at radius 1 is 0.971 bits per heavy atom. The fourth-order valence-corrected chi connectivity index (χ4v) is 5.60. The Morgan fingerprint density at radius 3 is 2.35 bits per heavy atom. The highest BCUT2D eigenvalue weighted by Crippen LogP contribution is 2.36. The molecule has 10 heteroatoms. The molecule has 0 spiro atoms. The van der Waals surface area contributed by atoms with Gasteiger partial charge < -0.3 is 10.4 Å². The van der Waals surface area contributed by atoms with Crippen molar-refractivity contribution in [2.45, 2.75) is 23.3 Å². The molecule has 0 radical (unpaired) electrons. The smallest absolute Gasteiger partial charge is 0.255 e. The standard InChI is InChI=1S/C24H21ClF2N2O4S/c25-20-15-17(8-9-22(20)27)28-23(30)16-4-3-5-18(14-16)34(32,33)29-12-10-24(31,11-13-29)19-6-1-2-7-21(19)26/h1-9,14-15,31H,10-13H2,(H,28,30). The normalized spacial score (nSPS) is 16.2. The van der Waals surface area contributed by atoms with Gasteiger partial charge in [0, 0.05) is 29.9 Å². The van der Waals surface area contributed by atoms with Crippen molar-refractivity contribution in [3.63, 3.8) is 0 Å². The van der Waals surface area contributed by atoms with Gasteiger partial charge in [-0.2, -0.15) is 4.31 Å². The van der Waals surface area contributed by atoms with E-state index in [-0.39, 0.29) is 52.7 Å². The summed E-state index contributed by atoms with van der Waals surface area (Å²) in [6.45, 7) is -0.0324. The molecule has 1 amide bonds. The van der Waals surface area contributed by atoms with Crippen LogP contribution in [0.25, 0.3) is 0 Å². The van der Waals surface area contributed by atoms with Crippen molar-refractivity contribution in [2.75, 3.05) is 18.4 Å². The Labute approximate surface area is 200 Å². The van der Waals surface area contributed by atoms with Crippen LogP contribution in [0, 0.1) is 11.6 Å². The molecule has 2 N–H and O–H groups in total. The van der Waals surface area contributed by atoms with E-state index in [1.165, 1.54) is 58.9 Å². The second-order valence-corrected chi connectivity index (χ2v) is 10.4. The van der Waals surface area contributed by atoms with E-state index in [0.29, 0.717) is 0 Å². The molecule has 3 aromatic carbocycles. The first-order chi connectivity index (χ1) is 16.1. The molecule has 3 aromatic rings. The summed E-state index contributed by atoms with van der Waals surface area (Å²) in [5, 5.41) is 13.3. The molecule has 4 rings (SSSR count). The predicted octanol–water partition coefficient (Wildman–Crippen LogP) is 4.54. The van der Waals surface area contributed by atoms with Gasteiger partial charge in [-0.1, -0.05) is 35.9 Å². The average Bonchev–Trinajstić information content (AvgIpc) is 2.82. The number of rotatable bonds is 5. The Hall–Kier alpha value is -2.85. The van der Waals surface area contributed by atoms with Crippen molar-refractivity contribution in [1.29, 1.82) is 0 Å². The van der Waals surface area contributed by atoms with Crippen LogP contribution in [0.2, 0.25) is 5.02 Å². The van der Waals surface area contributed by atoms with Gasteiger partial charge in [0.2, 0.25) is 10.0 Å². The average molecular weight is 507 g/mol. The van der Waals surface area contributed by atoms with Crippen molar-refractivity contribution in [3.8, 4) is 0 Å². The minimum Gasteiger partial charge on any atom is -0.385 e. The lowest BCUT2D eigenvalue weighted by atomic mass is 9.85. The van der Waals surface area contributed by atoms with E-state index in [1.54, 1.807) is 6.07 Å². The number of sulfonamides is 1. The van der Waals surface area contributed by atoms with E-state index < -0.39 is 33.2 Å². The third-order valence-corrected chi connectivity index (χ3v) is 8.02. The quantitative estimate of drug-likeness (QED) is 0.532. The molecule has 0 atom stereocenters. The van der Waals surface area contributed by atoms with Gasteiger partial charge in [0.05, 0.1) is 15.5 Å². The molecule has 1 aliphatic heterocycles. The Kier molecular flexibility index (Phi) is 6.73. The highest BCUT2D eigenvalue weighted by molar-refractivity contribution is 7.89. The number of halogens is 3. The number of carbonyl (C=O) groups is 1. The number of aliphatic hydroxyl groups is 1. The predicted molar refractivity (Wildman–Crippen MR) is 124 cm³/mol. The molecule has 1 heterocycles. The summed E-state index contributed by atoms with van der Waals surface area (Å²) >= 11 is 5.73. The van der Waals surface area contributed by atoms with E-state index in [9.17, 15) is 27.1 Å². The molecule has 0 bridgehead atoms. The first kappa shape index (κ1) is 24.3. The van der Waals surface area contributed by atoms with Crippen LogP contribution in [0.15, 0.2) is 71.6 Å². The first-order valence-corrected chi connectivity index (χ1v) is 12.3. The van der Waals surface area contributed by atoms with Crippen molar-refractivity contribution in [2.24, 2.45) is 0 Å². The largest absolute Gasteiger partial charge is 0.385 e. The minimum absolute atomic E-state index is 0.0162. The maximum Gasteiger partial charge on any atom is 0.255 e. The van der Waals surface area contributed by atoms with Crippen molar-refractivity contribution < 1.29 is 27.1 Å². The van der Waals surface area contributed by atoms with E-state index in [0.717, 1.165) is 6.07 Å². The lowest BCUT2D eigenvalue weighted by molar-refractivity contribution is -0.0125. The number of nitrogens with zero attached hydrogens (tertiary/aromatic N) is 1. The van der Waals surface area contributed by atoms with Gasteiger partial charge in [0.1, 0.15) is 11.6 Å². The number of hydrogen-bond donors (Lipinski definition) is 2. The highest BCUT2D eigenvalue weighted by Gasteiger charge is 2.39. The van der Waals surface area contributed by atoms with E-state index >= 15 is 0 Å². The van der Waals surface area contributed by atoms with Crippen LogP contribution in [0.5, 0.6) is 0 Å². The molecule has 1 aliphatic rings. The zero-order valence-corrected chi connectivity index (χ0v) is 19.4. The summed E-state index contributed by atoms with van der Waals surface area (Å²) < 4.78 is 55.1. The van der Waals surface area contributed by atoms with Crippen LogP contribution in [0.3, 0.4) is 0 Å². The van der Waals surface area contributed by atoms with E-state index in [4.69, 9.17) is 11.6 Å². The highest BCUT2D eigenvalue weighted by atomic mass is 35.5. The van der Waals surface area contributed by atoms with Gasteiger partial charge >= 0.3 is 0 Å². The van der Waals surface area contributed by atoms with Crippen LogP contribution in [0.4, 0.5) is 14.5 Å². The number of piperidine rings is 1. The van der Waals surface area contributed by atoms with Gasteiger partial charge in [-0.15, -0.1) is 0 Å². The fraction of sp³-hybridized carbons (Fsp3) is 0.208. The Balaban J connectivity index is 1.50. The molecule has 6 nitrogen and oxygen atoms in total. The fourth-order valence-electron chi connectivity index (χ4n) is 3.93. The molecule has 34 heavy (non-hydrogen) atoms. The Morgan fingerprint density at radius 2 is 1.68 bits per heavy atom. The summed E-state index contributed by atoms with van der Waals surface area (Å²) in [4.78, 5) is 12.5. The third kappa shape index (κ3) is 4.83. The first-order valence-electron chi connectivity index (χ1n) is 10.4. The van der Waals surface area contributed by atoms with Crippen molar-refractivity contribution >= 4 is 33.2 Å². The summed E-state index contributed by atoms with van der Waals surface area (Å²) in [6, 6.07) is 15.1. The zero-order chi connectivity index (χ0) is 24.5. The van der Waals surface area contributed by atoms with Gasteiger partial charge in [0.25, 0.3) is 5.91 Å². The lowest BCUT2D eigenvalue weighted by Crippen LogP contribution is -2.45. The molecule has 0 saturated carbocycles. The molecule has 178 valence electrons. The van der Waals surface area contributed by atoms with Crippen molar-refractivity contribution in [3.05, 3.63) is 94.5 Å². The summed E-state index contributed by atoms with van der Waals surface area (Å²) in [7, 11) is -3.97. The summed E-state index contributed by atoms with van der Waals surface area (Å²) in [5.74, 6) is -1.76. The summed E-state index contributed by atoms with van der Waals surface area (Å²) in [5.41, 5.74) is -0.976. The number of benzene rings is 3. The van der Waals surface area contributed by atoms with Gasteiger partial charge in [-0.3, -0.25) is 4.79 Å². The maximum atomic E-state index is 14.2. The summed E-state index contributed by atoms with van der Waals surface area (Å²) in [6.07, 6.45) is 0.0529. The minimum atomic E-state index is -3.97. The lowest BCUT2D eigenvalue weighted by Gasteiger charge is -2.38. The number of amides is 1. The Bertz CT molecular complexity index is 1340. The van der Waals surface area contributed by atoms with E-state index in [2.05, 4.69) is 5.32 Å². The maximum absolute atomic E-state index is 14.2. The zero-order valence-electron chi connectivity index (χ0n) is 17.8. The van der Waals surface area contributed by atoms with Gasteiger partial charge in [-0.25, -0.2) is 17.2 Å². The molecular weight excluding hydrogens is 486 g/mol.